The predicted octanol–water partition coefficient (Wildman–Crippen LogP) is 3.32. The van der Waals surface area contributed by atoms with Crippen molar-refractivity contribution >= 4 is 11.6 Å². The molecule has 2 aromatic rings. The van der Waals surface area contributed by atoms with Crippen molar-refractivity contribution in [1.29, 1.82) is 0 Å². The number of benzene rings is 1. The molecule has 0 fully saturated rings. The van der Waals surface area contributed by atoms with Crippen LogP contribution >= 0.6 is 11.6 Å². The quantitative estimate of drug-likeness (QED) is 0.833. The summed E-state index contributed by atoms with van der Waals surface area (Å²) in [5.41, 5.74) is 1.05. The van der Waals surface area contributed by atoms with Gasteiger partial charge in [0.25, 0.3) is 0 Å². The van der Waals surface area contributed by atoms with E-state index in [2.05, 4.69) is 4.98 Å². The van der Waals surface area contributed by atoms with Gasteiger partial charge in [-0.15, -0.1) is 0 Å². The molecule has 0 atom stereocenters. The minimum Gasteiger partial charge on any atom is -0.497 e. The van der Waals surface area contributed by atoms with Gasteiger partial charge in [-0.05, 0) is 23.8 Å². The minimum absolute atomic E-state index is 0.454. The monoisotopic (exact) mass is 249 g/mol. The van der Waals surface area contributed by atoms with Gasteiger partial charge in [-0.2, -0.15) is 0 Å². The van der Waals surface area contributed by atoms with Gasteiger partial charge in [-0.3, -0.25) is 4.98 Å². The van der Waals surface area contributed by atoms with Crippen LogP contribution < -0.4 is 9.47 Å². The molecule has 0 saturated carbocycles. The first-order valence-corrected chi connectivity index (χ1v) is 5.52. The second-order valence-corrected chi connectivity index (χ2v) is 3.85. The Morgan fingerprint density at radius 2 is 1.94 bits per heavy atom. The minimum atomic E-state index is 0.454. The van der Waals surface area contributed by atoms with Gasteiger partial charge in [0.05, 0.1) is 18.3 Å². The molecule has 3 nitrogen and oxygen atoms in total. The fourth-order valence-corrected chi connectivity index (χ4v) is 1.51. The van der Waals surface area contributed by atoms with Gasteiger partial charge in [-0.25, -0.2) is 0 Å². The van der Waals surface area contributed by atoms with Crippen LogP contribution in [0.2, 0.25) is 5.02 Å². The lowest BCUT2D eigenvalue weighted by Crippen LogP contribution is -1.96. The van der Waals surface area contributed by atoms with Crippen LogP contribution in [0.25, 0.3) is 0 Å². The smallest absolute Gasteiger partial charge is 0.156 e. The van der Waals surface area contributed by atoms with E-state index in [9.17, 15) is 0 Å². The summed E-state index contributed by atoms with van der Waals surface area (Å²) in [5, 5.41) is 0.563. The Balaban J connectivity index is 2.00. The van der Waals surface area contributed by atoms with Crippen molar-refractivity contribution < 1.29 is 9.47 Å². The fourth-order valence-electron chi connectivity index (χ4n) is 1.35. The Kier molecular flexibility index (Phi) is 3.83. The Morgan fingerprint density at radius 3 is 2.59 bits per heavy atom. The second-order valence-electron chi connectivity index (χ2n) is 3.44. The number of pyridine rings is 1. The molecule has 0 bridgehead atoms. The van der Waals surface area contributed by atoms with Crippen LogP contribution in [0.5, 0.6) is 11.5 Å². The molecule has 1 aromatic carbocycles. The zero-order valence-corrected chi connectivity index (χ0v) is 10.1. The first-order valence-electron chi connectivity index (χ1n) is 5.15. The van der Waals surface area contributed by atoms with Gasteiger partial charge in [0.2, 0.25) is 0 Å². The lowest BCUT2D eigenvalue weighted by Gasteiger charge is -2.07. The third-order valence-corrected chi connectivity index (χ3v) is 2.60. The van der Waals surface area contributed by atoms with Crippen molar-refractivity contribution in [2.75, 3.05) is 7.11 Å². The van der Waals surface area contributed by atoms with Crippen molar-refractivity contribution in [1.82, 2.24) is 4.98 Å². The lowest BCUT2D eigenvalue weighted by molar-refractivity contribution is 0.305. The average molecular weight is 250 g/mol. The third kappa shape index (κ3) is 3.11. The van der Waals surface area contributed by atoms with E-state index in [0.717, 1.165) is 11.3 Å². The van der Waals surface area contributed by atoms with Crippen LogP contribution in [-0.4, -0.2) is 12.1 Å². The first kappa shape index (κ1) is 11.7. The van der Waals surface area contributed by atoms with Crippen molar-refractivity contribution in [3.8, 4) is 11.5 Å². The van der Waals surface area contributed by atoms with E-state index >= 15 is 0 Å². The van der Waals surface area contributed by atoms with Gasteiger partial charge in [0.1, 0.15) is 12.4 Å². The Hall–Kier alpha value is -1.74. The third-order valence-electron chi connectivity index (χ3n) is 2.29. The van der Waals surface area contributed by atoms with Gasteiger partial charge in [0, 0.05) is 6.20 Å². The number of aromatic nitrogens is 1. The molecule has 2 rings (SSSR count). The highest BCUT2D eigenvalue weighted by atomic mass is 35.5. The van der Waals surface area contributed by atoms with E-state index in [4.69, 9.17) is 21.1 Å². The van der Waals surface area contributed by atoms with Crippen molar-refractivity contribution in [3.63, 3.8) is 0 Å². The fraction of sp³-hybridized carbons (Fsp3) is 0.154. The molecule has 17 heavy (non-hydrogen) atoms. The summed E-state index contributed by atoms with van der Waals surface area (Å²) in [6.45, 7) is 0.454. The molecule has 0 unspecified atom stereocenters. The molecule has 0 amide bonds. The van der Waals surface area contributed by atoms with E-state index in [1.54, 1.807) is 25.6 Å². The number of hydrogen-bond donors (Lipinski definition) is 0. The predicted molar refractivity (Wildman–Crippen MR) is 66.6 cm³/mol. The molecule has 4 heteroatoms. The number of hydrogen-bond acceptors (Lipinski definition) is 3. The highest BCUT2D eigenvalue weighted by Crippen LogP contribution is 2.23. The summed E-state index contributed by atoms with van der Waals surface area (Å²) < 4.78 is 10.6. The van der Waals surface area contributed by atoms with Crippen LogP contribution in [-0.2, 0) is 6.61 Å². The van der Waals surface area contributed by atoms with Crippen molar-refractivity contribution in [2.24, 2.45) is 0 Å². The van der Waals surface area contributed by atoms with E-state index in [0.29, 0.717) is 17.4 Å². The number of rotatable bonds is 4. The molecule has 0 aliphatic carbocycles. The zero-order chi connectivity index (χ0) is 12.1. The summed E-state index contributed by atoms with van der Waals surface area (Å²) in [5.74, 6) is 1.41. The van der Waals surface area contributed by atoms with E-state index < -0.39 is 0 Å². The lowest BCUT2D eigenvalue weighted by atomic mass is 10.2. The summed E-state index contributed by atoms with van der Waals surface area (Å²) in [4.78, 5) is 3.96. The van der Waals surface area contributed by atoms with Crippen LogP contribution in [0.15, 0.2) is 42.7 Å². The number of nitrogens with zero attached hydrogens (tertiary/aromatic N) is 1. The molecular weight excluding hydrogens is 238 g/mol. The van der Waals surface area contributed by atoms with Crippen molar-refractivity contribution in [3.05, 3.63) is 53.3 Å². The number of ether oxygens (including phenoxy) is 2. The molecule has 0 radical (unpaired) electrons. The van der Waals surface area contributed by atoms with Gasteiger partial charge in [-0.1, -0.05) is 23.7 Å². The van der Waals surface area contributed by atoms with Crippen LogP contribution in [0.4, 0.5) is 0 Å². The molecule has 88 valence electrons. The summed E-state index contributed by atoms with van der Waals surface area (Å²) >= 11 is 5.95. The summed E-state index contributed by atoms with van der Waals surface area (Å²) in [7, 11) is 1.64. The van der Waals surface area contributed by atoms with Crippen LogP contribution in [0.3, 0.4) is 0 Å². The maximum atomic E-state index is 5.95. The largest absolute Gasteiger partial charge is 0.497 e. The maximum Gasteiger partial charge on any atom is 0.156 e. The second kappa shape index (κ2) is 5.55. The van der Waals surface area contributed by atoms with Crippen LogP contribution in [0.1, 0.15) is 5.56 Å². The zero-order valence-electron chi connectivity index (χ0n) is 9.39. The first-order chi connectivity index (χ1) is 8.29. The Labute approximate surface area is 105 Å². The van der Waals surface area contributed by atoms with E-state index in [1.165, 1.54) is 0 Å². The molecule has 1 heterocycles. The summed E-state index contributed by atoms with van der Waals surface area (Å²) in [6, 6.07) is 9.38. The Morgan fingerprint density at radius 1 is 1.18 bits per heavy atom. The molecule has 0 aliphatic rings. The topological polar surface area (TPSA) is 31.4 Å². The molecule has 0 aliphatic heterocycles. The molecule has 0 spiro atoms. The van der Waals surface area contributed by atoms with E-state index in [1.807, 2.05) is 24.3 Å². The number of halogens is 1. The van der Waals surface area contributed by atoms with Crippen molar-refractivity contribution in [2.45, 2.75) is 6.61 Å². The molecule has 1 aromatic heterocycles. The molecule has 0 N–H and O–H groups in total. The molecular formula is C13H12ClNO2. The maximum absolute atomic E-state index is 5.95. The summed E-state index contributed by atoms with van der Waals surface area (Å²) in [6.07, 6.45) is 3.23. The van der Waals surface area contributed by atoms with Gasteiger partial charge in [0.15, 0.2) is 5.75 Å². The highest BCUT2D eigenvalue weighted by molar-refractivity contribution is 6.31. The van der Waals surface area contributed by atoms with Crippen LogP contribution in [0, 0.1) is 0 Å². The Bertz CT molecular complexity index is 485. The van der Waals surface area contributed by atoms with Gasteiger partial charge < -0.3 is 9.47 Å². The normalized spacial score (nSPS) is 10.0. The molecule has 0 saturated heterocycles. The highest BCUT2D eigenvalue weighted by Gasteiger charge is 2.01. The van der Waals surface area contributed by atoms with E-state index in [-0.39, 0.29) is 0 Å². The SMILES string of the molecule is COc1ccc(COc2cnccc2Cl)cc1. The average Bonchev–Trinajstić information content (AvgIpc) is 2.38. The van der Waals surface area contributed by atoms with Gasteiger partial charge >= 0.3 is 0 Å². The number of methoxy groups -OCH3 is 1. The standard InChI is InChI=1S/C13H12ClNO2/c1-16-11-4-2-10(3-5-11)9-17-13-8-15-7-6-12(13)14/h2-8H,9H2,1H3.